The fraction of sp³-hybridized carbons (Fsp3) is 0.500. The van der Waals surface area contributed by atoms with Crippen LogP contribution in [0.3, 0.4) is 0 Å². The summed E-state index contributed by atoms with van der Waals surface area (Å²) in [7, 11) is 1.39. The molecule has 6 heteroatoms. The molecule has 0 aliphatic heterocycles. The average Bonchev–Trinajstić information content (AvgIpc) is 2.85. The molecule has 2 heterocycles. The molecule has 0 amide bonds. The number of hydrogen-bond acceptors (Lipinski definition) is 5. The number of nitrogens with one attached hydrogen (secondary N) is 1. The standard InChI is InChI=1S/C12H17N3O2S/c1-7-6-18-12-14-8(2)10(15(7)12)5-13-9(3)11(16)17-4/h6,9,13H,5H2,1-4H3. The van der Waals surface area contributed by atoms with Crippen molar-refractivity contribution in [1.29, 1.82) is 0 Å². The number of methoxy groups -OCH3 is 1. The van der Waals surface area contributed by atoms with Gasteiger partial charge in [-0.3, -0.25) is 14.5 Å². The Labute approximate surface area is 110 Å². The van der Waals surface area contributed by atoms with E-state index in [4.69, 9.17) is 0 Å². The normalized spacial score (nSPS) is 12.9. The van der Waals surface area contributed by atoms with Crippen LogP contribution in [0.4, 0.5) is 0 Å². The summed E-state index contributed by atoms with van der Waals surface area (Å²) >= 11 is 1.63. The first kappa shape index (κ1) is 13.0. The summed E-state index contributed by atoms with van der Waals surface area (Å²) < 4.78 is 6.81. The third-order valence-corrected chi connectivity index (χ3v) is 3.90. The van der Waals surface area contributed by atoms with Gasteiger partial charge in [-0.2, -0.15) is 0 Å². The van der Waals surface area contributed by atoms with Gasteiger partial charge in [-0.05, 0) is 20.8 Å². The van der Waals surface area contributed by atoms with E-state index >= 15 is 0 Å². The van der Waals surface area contributed by atoms with E-state index in [-0.39, 0.29) is 12.0 Å². The largest absolute Gasteiger partial charge is 0.468 e. The van der Waals surface area contributed by atoms with Gasteiger partial charge in [0.05, 0.1) is 18.5 Å². The van der Waals surface area contributed by atoms with Crippen LogP contribution in [0.2, 0.25) is 0 Å². The van der Waals surface area contributed by atoms with Crippen LogP contribution in [-0.2, 0) is 16.1 Å². The summed E-state index contributed by atoms with van der Waals surface area (Å²) in [5.74, 6) is -0.254. The molecule has 0 fully saturated rings. The molecule has 0 aliphatic carbocycles. The molecule has 98 valence electrons. The molecule has 0 saturated carbocycles. The lowest BCUT2D eigenvalue weighted by atomic mass is 10.3. The minimum absolute atomic E-state index is 0.254. The van der Waals surface area contributed by atoms with Gasteiger partial charge < -0.3 is 4.74 Å². The predicted molar refractivity (Wildman–Crippen MR) is 70.9 cm³/mol. The van der Waals surface area contributed by atoms with Crippen molar-refractivity contribution in [2.45, 2.75) is 33.4 Å². The van der Waals surface area contributed by atoms with E-state index in [1.807, 2.05) is 6.92 Å². The second-order valence-electron chi connectivity index (χ2n) is 4.26. The number of ether oxygens (including phenoxy) is 1. The van der Waals surface area contributed by atoms with Crippen LogP contribution in [0.15, 0.2) is 5.38 Å². The second kappa shape index (κ2) is 5.07. The van der Waals surface area contributed by atoms with Crippen LogP contribution >= 0.6 is 11.3 Å². The summed E-state index contributed by atoms with van der Waals surface area (Å²) in [6, 6.07) is -0.320. The molecule has 0 saturated heterocycles. The molecular weight excluding hydrogens is 250 g/mol. The lowest BCUT2D eigenvalue weighted by Gasteiger charge is -2.11. The fourth-order valence-corrected chi connectivity index (χ4v) is 2.82. The minimum Gasteiger partial charge on any atom is -0.468 e. The van der Waals surface area contributed by atoms with Crippen LogP contribution in [0.25, 0.3) is 4.96 Å². The Morgan fingerprint density at radius 3 is 3.00 bits per heavy atom. The summed E-state index contributed by atoms with van der Waals surface area (Å²) in [6.45, 7) is 6.43. The number of carbonyl (C=O) groups excluding carboxylic acids is 1. The molecule has 2 aromatic heterocycles. The molecule has 0 aliphatic rings. The van der Waals surface area contributed by atoms with E-state index in [2.05, 4.69) is 31.7 Å². The van der Waals surface area contributed by atoms with Crippen molar-refractivity contribution < 1.29 is 9.53 Å². The lowest BCUT2D eigenvalue weighted by molar-refractivity contribution is -0.142. The molecule has 1 atom stereocenters. The maximum absolute atomic E-state index is 11.3. The average molecular weight is 267 g/mol. The number of rotatable bonds is 4. The third-order valence-electron chi connectivity index (χ3n) is 2.96. The van der Waals surface area contributed by atoms with Crippen LogP contribution < -0.4 is 5.32 Å². The molecule has 0 bridgehead atoms. The van der Waals surface area contributed by atoms with Crippen molar-refractivity contribution >= 4 is 22.3 Å². The number of thiazole rings is 1. The van der Waals surface area contributed by atoms with Crippen molar-refractivity contribution in [3.63, 3.8) is 0 Å². The van der Waals surface area contributed by atoms with Crippen LogP contribution in [0, 0.1) is 13.8 Å². The Bertz CT molecular complexity index is 573. The summed E-state index contributed by atoms with van der Waals surface area (Å²) in [5.41, 5.74) is 3.26. The fourth-order valence-electron chi connectivity index (χ4n) is 1.89. The van der Waals surface area contributed by atoms with Crippen molar-refractivity contribution in [2.75, 3.05) is 7.11 Å². The third kappa shape index (κ3) is 2.26. The van der Waals surface area contributed by atoms with E-state index in [1.54, 1.807) is 18.3 Å². The number of esters is 1. The Kier molecular flexibility index (Phi) is 3.68. The Morgan fingerprint density at radius 1 is 1.61 bits per heavy atom. The van der Waals surface area contributed by atoms with Gasteiger partial charge in [-0.1, -0.05) is 0 Å². The van der Waals surface area contributed by atoms with Gasteiger partial charge in [0, 0.05) is 17.6 Å². The number of imidazole rings is 1. The van der Waals surface area contributed by atoms with Crippen molar-refractivity contribution in [1.82, 2.24) is 14.7 Å². The van der Waals surface area contributed by atoms with Crippen molar-refractivity contribution in [3.05, 3.63) is 22.5 Å². The highest BCUT2D eigenvalue weighted by Crippen LogP contribution is 2.20. The topological polar surface area (TPSA) is 55.6 Å². The van der Waals surface area contributed by atoms with Crippen molar-refractivity contribution in [3.8, 4) is 0 Å². The smallest absolute Gasteiger partial charge is 0.322 e. The molecule has 0 spiro atoms. The highest BCUT2D eigenvalue weighted by Gasteiger charge is 2.16. The van der Waals surface area contributed by atoms with E-state index in [0.29, 0.717) is 6.54 Å². The molecule has 0 radical (unpaired) electrons. The molecule has 18 heavy (non-hydrogen) atoms. The first-order valence-electron chi connectivity index (χ1n) is 5.77. The van der Waals surface area contributed by atoms with Gasteiger partial charge in [0.15, 0.2) is 4.96 Å². The number of carbonyl (C=O) groups is 1. The van der Waals surface area contributed by atoms with Gasteiger partial charge >= 0.3 is 5.97 Å². The zero-order chi connectivity index (χ0) is 13.3. The molecule has 1 N–H and O–H groups in total. The highest BCUT2D eigenvalue weighted by atomic mass is 32.1. The zero-order valence-electron chi connectivity index (χ0n) is 11.0. The van der Waals surface area contributed by atoms with E-state index < -0.39 is 0 Å². The Morgan fingerprint density at radius 2 is 2.33 bits per heavy atom. The molecule has 5 nitrogen and oxygen atoms in total. The number of aryl methyl sites for hydroxylation is 2. The van der Waals surface area contributed by atoms with Gasteiger partial charge in [0.1, 0.15) is 6.04 Å². The van der Waals surface area contributed by atoms with Gasteiger partial charge in [0.2, 0.25) is 0 Å². The SMILES string of the molecule is COC(=O)C(C)NCc1c(C)nc2scc(C)n12. The quantitative estimate of drug-likeness (QED) is 0.856. The first-order chi connectivity index (χ1) is 8.54. The van der Waals surface area contributed by atoms with Gasteiger partial charge in [-0.15, -0.1) is 11.3 Å². The number of aromatic nitrogens is 2. The Hall–Kier alpha value is -1.40. The highest BCUT2D eigenvalue weighted by molar-refractivity contribution is 7.15. The molecule has 2 aromatic rings. The number of hydrogen-bond donors (Lipinski definition) is 1. The van der Waals surface area contributed by atoms with Crippen LogP contribution in [0.1, 0.15) is 24.0 Å². The van der Waals surface area contributed by atoms with Gasteiger partial charge in [0.25, 0.3) is 0 Å². The van der Waals surface area contributed by atoms with Crippen LogP contribution in [0.5, 0.6) is 0 Å². The van der Waals surface area contributed by atoms with E-state index in [0.717, 1.165) is 22.0 Å². The molecular formula is C12H17N3O2S. The van der Waals surface area contributed by atoms with Crippen LogP contribution in [-0.4, -0.2) is 28.5 Å². The maximum atomic E-state index is 11.3. The first-order valence-corrected chi connectivity index (χ1v) is 6.65. The van der Waals surface area contributed by atoms with E-state index in [1.165, 1.54) is 7.11 Å². The minimum atomic E-state index is -0.320. The van der Waals surface area contributed by atoms with Crippen molar-refractivity contribution in [2.24, 2.45) is 0 Å². The monoisotopic (exact) mass is 267 g/mol. The molecule has 0 aromatic carbocycles. The molecule has 1 unspecified atom stereocenters. The lowest BCUT2D eigenvalue weighted by Crippen LogP contribution is -2.34. The maximum Gasteiger partial charge on any atom is 0.322 e. The molecule has 2 rings (SSSR count). The van der Waals surface area contributed by atoms with Gasteiger partial charge in [-0.25, -0.2) is 4.98 Å². The predicted octanol–water partition coefficient (Wildman–Crippen LogP) is 1.66. The number of nitrogens with zero attached hydrogens (tertiary/aromatic N) is 2. The summed E-state index contributed by atoms with van der Waals surface area (Å²) in [6.07, 6.45) is 0. The second-order valence-corrected chi connectivity index (χ2v) is 5.10. The Balaban J connectivity index is 2.18. The summed E-state index contributed by atoms with van der Waals surface area (Å²) in [5, 5.41) is 5.23. The number of fused-ring (bicyclic) bond motifs is 1. The summed E-state index contributed by atoms with van der Waals surface area (Å²) in [4.78, 5) is 16.8. The van der Waals surface area contributed by atoms with E-state index in [9.17, 15) is 4.79 Å². The zero-order valence-corrected chi connectivity index (χ0v) is 11.8.